The molecule has 0 aliphatic carbocycles. The monoisotopic (exact) mass is 365 g/mol. The predicted octanol–water partition coefficient (Wildman–Crippen LogP) is 1.57. The Hall–Kier alpha value is 3.23. The fourth-order valence-corrected chi connectivity index (χ4v) is 0.788. The second-order valence-corrected chi connectivity index (χ2v) is 1.97. The Bertz CT molecular complexity index is 56.9. The predicted molar refractivity (Wildman–Crippen MR) is 30.4 cm³/mol. The summed E-state index contributed by atoms with van der Waals surface area (Å²) in [5.41, 5.74) is 7.18. The zero-order chi connectivity index (χ0) is 5.11. The first kappa shape index (κ1) is 18.9. The Morgan fingerprint density at radius 2 is 1.80 bits per heavy atom. The van der Waals surface area contributed by atoms with Crippen molar-refractivity contribution in [3.63, 3.8) is 0 Å². The molecule has 0 aromatic rings. The number of piperidine rings is 1. The summed E-state index contributed by atoms with van der Waals surface area (Å²) in [5.74, 6) is 0. The van der Waals surface area contributed by atoms with Gasteiger partial charge in [0.05, 0.1) is 0 Å². The third-order valence-electron chi connectivity index (χ3n) is 1.22. The SMILES string of the molecule is [NH-]C1CCC[N-]C1.[Y].[Y].[Y]. The van der Waals surface area contributed by atoms with E-state index in [4.69, 9.17) is 5.73 Å². The van der Waals surface area contributed by atoms with Gasteiger partial charge in [0, 0.05) is 98.1 Å². The second kappa shape index (κ2) is 12.2. The Kier molecular flexibility index (Phi) is 23.1. The van der Waals surface area contributed by atoms with Crippen LogP contribution < -0.4 is 0 Å². The molecule has 1 aliphatic heterocycles. The Morgan fingerprint density at radius 1 is 1.20 bits per heavy atom. The molecular formula is C5H10N2Y3-2. The van der Waals surface area contributed by atoms with Crippen molar-refractivity contribution >= 4 is 0 Å². The van der Waals surface area contributed by atoms with Crippen molar-refractivity contribution in [3.8, 4) is 0 Å². The van der Waals surface area contributed by atoms with Gasteiger partial charge in [-0.2, -0.15) is 12.6 Å². The fourth-order valence-electron chi connectivity index (χ4n) is 0.788. The third-order valence-corrected chi connectivity index (χ3v) is 1.22. The number of hydrogen-bond donors (Lipinski definition) is 0. The zero-order valence-corrected chi connectivity index (χ0v) is 14.6. The number of hydrogen-bond acceptors (Lipinski definition) is 0. The van der Waals surface area contributed by atoms with Crippen LogP contribution in [0.15, 0.2) is 0 Å². The molecule has 0 saturated carbocycles. The number of rotatable bonds is 0. The van der Waals surface area contributed by atoms with Crippen LogP contribution >= 0.6 is 0 Å². The molecule has 1 unspecified atom stereocenters. The van der Waals surface area contributed by atoms with Crippen LogP contribution in [0, 0.1) is 0 Å². The van der Waals surface area contributed by atoms with Gasteiger partial charge in [0.15, 0.2) is 0 Å². The van der Waals surface area contributed by atoms with Gasteiger partial charge >= 0.3 is 0 Å². The van der Waals surface area contributed by atoms with Crippen LogP contribution in [-0.2, 0) is 98.1 Å². The van der Waals surface area contributed by atoms with E-state index < -0.39 is 0 Å². The van der Waals surface area contributed by atoms with Crippen LogP contribution in [-0.4, -0.2) is 19.1 Å². The molecule has 51 valence electrons. The molecule has 1 atom stereocenters. The summed E-state index contributed by atoms with van der Waals surface area (Å²) < 4.78 is 0. The van der Waals surface area contributed by atoms with Gasteiger partial charge in [-0.3, -0.25) is 0 Å². The van der Waals surface area contributed by atoms with Gasteiger partial charge in [0.2, 0.25) is 0 Å². The summed E-state index contributed by atoms with van der Waals surface area (Å²) in [5, 5.41) is 4.07. The quantitative estimate of drug-likeness (QED) is 0.626. The van der Waals surface area contributed by atoms with E-state index in [0.717, 1.165) is 25.9 Å². The second-order valence-electron chi connectivity index (χ2n) is 1.97. The molecule has 1 N–H and O–H groups in total. The van der Waals surface area contributed by atoms with Crippen molar-refractivity contribution in [2.75, 3.05) is 13.1 Å². The largest absolute Gasteiger partial charge is 0.676 e. The molecule has 1 heterocycles. The zero-order valence-electron chi connectivity index (χ0n) is 6.09. The summed E-state index contributed by atoms with van der Waals surface area (Å²) >= 11 is 0. The maximum Gasteiger partial charge on any atom is 0 e. The molecule has 0 amide bonds. The minimum absolute atomic E-state index is 0. The first-order valence-electron chi connectivity index (χ1n) is 2.74. The van der Waals surface area contributed by atoms with Crippen LogP contribution in [0.4, 0.5) is 0 Å². The van der Waals surface area contributed by atoms with Crippen molar-refractivity contribution in [1.29, 1.82) is 0 Å². The van der Waals surface area contributed by atoms with E-state index in [1.54, 1.807) is 0 Å². The first-order valence-corrected chi connectivity index (χ1v) is 2.74. The molecule has 0 aromatic heterocycles. The number of nitrogens with zero attached hydrogens (tertiary/aromatic N) is 1. The molecule has 10 heavy (non-hydrogen) atoms. The molecule has 1 fully saturated rings. The van der Waals surface area contributed by atoms with Gasteiger partial charge in [-0.05, 0) is 0 Å². The smallest absolute Gasteiger partial charge is 0 e. The van der Waals surface area contributed by atoms with E-state index in [-0.39, 0.29) is 104 Å². The van der Waals surface area contributed by atoms with E-state index in [1.165, 1.54) is 0 Å². The Balaban J connectivity index is -0.000000163. The van der Waals surface area contributed by atoms with E-state index in [2.05, 4.69) is 5.32 Å². The van der Waals surface area contributed by atoms with Gasteiger partial charge in [-0.1, -0.05) is 12.8 Å². The summed E-state index contributed by atoms with van der Waals surface area (Å²) in [6, 6.07) is 0.119. The average Bonchev–Trinajstić information content (AvgIpc) is 1.69. The normalized spacial score (nSPS) is 23.1. The summed E-state index contributed by atoms with van der Waals surface area (Å²) in [6.45, 7) is 1.77. The Labute approximate surface area is 138 Å². The van der Waals surface area contributed by atoms with Crippen LogP contribution in [0.25, 0.3) is 11.1 Å². The minimum atomic E-state index is 0. The molecule has 0 bridgehead atoms. The van der Waals surface area contributed by atoms with E-state index in [1.807, 2.05) is 0 Å². The van der Waals surface area contributed by atoms with E-state index >= 15 is 0 Å². The molecule has 3 radical (unpaired) electrons. The van der Waals surface area contributed by atoms with Gasteiger partial charge in [-0.25, -0.2) is 0 Å². The average molecular weight is 365 g/mol. The van der Waals surface area contributed by atoms with Gasteiger partial charge in [-0.15, -0.1) is 6.54 Å². The van der Waals surface area contributed by atoms with Gasteiger partial charge in [0.1, 0.15) is 0 Å². The van der Waals surface area contributed by atoms with Crippen LogP contribution in [0.1, 0.15) is 12.8 Å². The molecule has 0 spiro atoms. The van der Waals surface area contributed by atoms with Crippen molar-refractivity contribution in [3.05, 3.63) is 11.1 Å². The molecular weight excluding hydrogens is 355 g/mol. The third kappa shape index (κ3) is 9.32. The maximum atomic E-state index is 7.18. The van der Waals surface area contributed by atoms with Crippen LogP contribution in [0.3, 0.4) is 0 Å². The molecule has 1 saturated heterocycles. The van der Waals surface area contributed by atoms with Gasteiger partial charge in [0.25, 0.3) is 0 Å². The van der Waals surface area contributed by atoms with Crippen molar-refractivity contribution in [1.82, 2.24) is 0 Å². The van der Waals surface area contributed by atoms with Gasteiger partial charge < -0.3 is 11.1 Å². The summed E-state index contributed by atoms with van der Waals surface area (Å²) in [6.07, 6.45) is 2.19. The fraction of sp³-hybridized carbons (Fsp3) is 1.00. The summed E-state index contributed by atoms with van der Waals surface area (Å²) in [7, 11) is 0. The van der Waals surface area contributed by atoms with E-state index in [9.17, 15) is 0 Å². The molecule has 1 rings (SSSR count). The van der Waals surface area contributed by atoms with Crippen LogP contribution in [0.5, 0.6) is 0 Å². The Morgan fingerprint density at radius 3 is 2.00 bits per heavy atom. The van der Waals surface area contributed by atoms with Crippen molar-refractivity contribution in [2.45, 2.75) is 18.9 Å². The maximum absolute atomic E-state index is 7.18. The van der Waals surface area contributed by atoms with Crippen molar-refractivity contribution < 1.29 is 98.1 Å². The first-order chi connectivity index (χ1) is 3.39. The molecule has 1 aliphatic rings. The van der Waals surface area contributed by atoms with E-state index in [0.29, 0.717) is 0 Å². The van der Waals surface area contributed by atoms with Crippen LogP contribution in [0.2, 0.25) is 0 Å². The van der Waals surface area contributed by atoms with Crippen molar-refractivity contribution in [2.24, 2.45) is 0 Å². The minimum Gasteiger partial charge on any atom is -0.676 e. The topological polar surface area (TPSA) is 37.9 Å². The summed E-state index contributed by atoms with van der Waals surface area (Å²) in [4.78, 5) is 0. The molecule has 5 heteroatoms. The molecule has 2 nitrogen and oxygen atoms in total. The molecule has 0 aromatic carbocycles. The number of nitrogens with one attached hydrogen (secondary N) is 1. The standard InChI is InChI=1S/C5H10N2.3Y/c6-5-2-1-3-7-4-5;;;/h5-6H,1-4H2;;;/q-2;;;.